The highest BCUT2D eigenvalue weighted by Crippen LogP contribution is 2.38. The van der Waals surface area contributed by atoms with E-state index in [-0.39, 0.29) is 0 Å². The lowest BCUT2D eigenvalue weighted by atomic mass is 9.76. The molecule has 0 aromatic heterocycles. The van der Waals surface area contributed by atoms with E-state index in [0.717, 1.165) is 24.3 Å². The van der Waals surface area contributed by atoms with Gasteiger partial charge in [-0.3, -0.25) is 0 Å². The molecule has 0 bridgehead atoms. The highest BCUT2D eigenvalue weighted by Gasteiger charge is 2.30. The molecule has 0 saturated heterocycles. The first kappa shape index (κ1) is 13.5. The van der Waals surface area contributed by atoms with Gasteiger partial charge in [0.25, 0.3) is 0 Å². The number of nitrogens with zero attached hydrogens (tertiary/aromatic N) is 1. The molecule has 0 atom stereocenters. The number of nitriles is 1. The van der Waals surface area contributed by atoms with Gasteiger partial charge in [0.15, 0.2) is 0 Å². The molecular weight excluding hydrogens is 260 g/mol. The van der Waals surface area contributed by atoms with Crippen molar-refractivity contribution in [1.29, 1.82) is 5.26 Å². The van der Waals surface area contributed by atoms with Gasteiger partial charge in [-0.05, 0) is 60.7 Å². The van der Waals surface area contributed by atoms with Crippen LogP contribution in [0.4, 0.5) is 5.69 Å². The largest absolute Gasteiger partial charge is 0.497 e. The van der Waals surface area contributed by atoms with Gasteiger partial charge in [0.2, 0.25) is 0 Å². The van der Waals surface area contributed by atoms with Crippen molar-refractivity contribution in [3.8, 4) is 11.8 Å². The van der Waals surface area contributed by atoms with E-state index in [0.29, 0.717) is 17.5 Å². The molecule has 1 saturated carbocycles. The monoisotopic (exact) mass is 278 g/mol. The van der Waals surface area contributed by atoms with E-state index < -0.39 is 0 Å². The van der Waals surface area contributed by atoms with Gasteiger partial charge in [-0.2, -0.15) is 5.26 Å². The van der Waals surface area contributed by atoms with Crippen LogP contribution in [0.3, 0.4) is 0 Å². The summed E-state index contributed by atoms with van der Waals surface area (Å²) in [6.45, 7) is 0. The van der Waals surface area contributed by atoms with Crippen molar-refractivity contribution in [2.45, 2.75) is 24.8 Å². The van der Waals surface area contributed by atoms with Gasteiger partial charge in [0, 0.05) is 11.7 Å². The van der Waals surface area contributed by atoms with Crippen LogP contribution in [-0.2, 0) is 0 Å². The van der Waals surface area contributed by atoms with Gasteiger partial charge in [-0.25, -0.2) is 0 Å². The minimum atomic E-state index is 0.519. The van der Waals surface area contributed by atoms with Crippen LogP contribution >= 0.6 is 0 Å². The number of methoxy groups -OCH3 is 1. The Bertz CT molecular complexity index is 634. The van der Waals surface area contributed by atoms with E-state index in [1.807, 2.05) is 36.4 Å². The molecule has 0 heterocycles. The molecule has 3 nitrogen and oxygen atoms in total. The second-order valence-electron chi connectivity index (χ2n) is 5.47. The number of benzene rings is 2. The molecular formula is C18H18N2O. The Hall–Kier alpha value is -2.47. The first-order chi connectivity index (χ1) is 10.3. The fourth-order valence-electron chi connectivity index (χ4n) is 2.76. The molecule has 1 N–H and O–H groups in total. The minimum absolute atomic E-state index is 0.519. The first-order valence-electron chi connectivity index (χ1n) is 7.19. The Balaban J connectivity index is 1.54. The standard InChI is InChI=1S/C18H18N2O/c1-21-18-8-4-14(5-9-18)15-10-17(11-15)20-16-6-2-13(12-19)3-7-16/h2-9,15,17,20H,10-11H2,1H3. The quantitative estimate of drug-likeness (QED) is 0.921. The van der Waals surface area contributed by atoms with Crippen molar-refractivity contribution < 1.29 is 4.74 Å². The van der Waals surface area contributed by atoms with E-state index in [1.165, 1.54) is 5.56 Å². The smallest absolute Gasteiger partial charge is 0.118 e. The molecule has 106 valence electrons. The highest BCUT2D eigenvalue weighted by molar-refractivity contribution is 5.48. The predicted octanol–water partition coefficient (Wildman–Crippen LogP) is 3.92. The molecule has 2 aromatic rings. The van der Waals surface area contributed by atoms with Crippen LogP contribution in [0.15, 0.2) is 48.5 Å². The number of hydrogen-bond acceptors (Lipinski definition) is 3. The molecule has 0 radical (unpaired) electrons. The zero-order valence-corrected chi connectivity index (χ0v) is 12.0. The zero-order valence-electron chi connectivity index (χ0n) is 12.0. The number of rotatable bonds is 4. The van der Waals surface area contributed by atoms with Crippen LogP contribution < -0.4 is 10.1 Å². The van der Waals surface area contributed by atoms with E-state index >= 15 is 0 Å². The SMILES string of the molecule is COc1ccc(C2CC(Nc3ccc(C#N)cc3)C2)cc1. The lowest BCUT2D eigenvalue weighted by molar-refractivity contribution is 0.373. The lowest BCUT2D eigenvalue weighted by Crippen LogP contribution is -2.33. The molecule has 0 unspecified atom stereocenters. The van der Waals surface area contributed by atoms with Gasteiger partial charge in [-0.1, -0.05) is 12.1 Å². The van der Waals surface area contributed by atoms with Crippen molar-refractivity contribution >= 4 is 5.69 Å². The first-order valence-corrected chi connectivity index (χ1v) is 7.19. The third-order valence-corrected chi connectivity index (χ3v) is 4.11. The summed E-state index contributed by atoms with van der Waals surface area (Å²) in [5, 5.41) is 12.3. The number of anilines is 1. The summed E-state index contributed by atoms with van der Waals surface area (Å²) in [7, 11) is 1.69. The Labute approximate surface area is 125 Å². The lowest BCUT2D eigenvalue weighted by Gasteiger charge is -2.37. The summed E-state index contributed by atoms with van der Waals surface area (Å²) in [6, 6.07) is 18.7. The van der Waals surface area contributed by atoms with E-state index in [2.05, 4.69) is 23.5 Å². The third-order valence-electron chi connectivity index (χ3n) is 4.11. The normalized spacial score (nSPS) is 20.2. The summed E-state index contributed by atoms with van der Waals surface area (Å²) in [5.74, 6) is 1.54. The molecule has 1 aliphatic carbocycles. The van der Waals surface area contributed by atoms with E-state index in [1.54, 1.807) is 7.11 Å². The predicted molar refractivity (Wildman–Crippen MR) is 83.5 cm³/mol. The molecule has 21 heavy (non-hydrogen) atoms. The maximum absolute atomic E-state index is 8.79. The average Bonchev–Trinajstić information content (AvgIpc) is 2.51. The topological polar surface area (TPSA) is 45.0 Å². The van der Waals surface area contributed by atoms with Crippen LogP contribution in [0.2, 0.25) is 0 Å². The maximum Gasteiger partial charge on any atom is 0.118 e. The van der Waals surface area contributed by atoms with Gasteiger partial charge in [0.1, 0.15) is 5.75 Å². The molecule has 0 spiro atoms. The van der Waals surface area contributed by atoms with Gasteiger partial charge in [0.05, 0.1) is 18.7 Å². The van der Waals surface area contributed by atoms with Crippen LogP contribution in [0.5, 0.6) is 5.75 Å². The fourth-order valence-corrected chi connectivity index (χ4v) is 2.76. The van der Waals surface area contributed by atoms with Crippen LogP contribution in [0.25, 0.3) is 0 Å². The van der Waals surface area contributed by atoms with Crippen LogP contribution in [-0.4, -0.2) is 13.2 Å². The third kappa shape index (κ3) is 3.00. The van der Waals surface area contributed by atoms with Crippen LogP contribution in [0.1, 0.15) is 29.9 Å². The van der Waals surface area contributed by atoms with Crippen molar-refractivity contribution in [2.24, 2.45) is 0 Å². The summed E-state index contributed by atoms with van der Waals surface area (Å²) in [6.07, 6.45) is 2.29. The highest BCUT2D eigenvalue weighted by atomic mass is 16.5. The fraction of sp³-hybridized carbons (Fsp3) is 0.278. The minimum Gasteiger partial charge on any atom is -0.497 e. The zero-order chi connectivity index (χ0) is 14.7. The van der Waals surface area contributed by atoms with E-state index in [4.69, 9.17) is 10.00 Å². The Kier molecular flexibility index (Phi) is 3.79. The summed E-state index contributed by atoms with van der Waals surface area (Å²) in [4.78, 5) is 0. The summed E-state index contributed by atoms with van der Waals surface area (Å²) < 4.78 is 5.18. The van der Waals surface area contributed by atoms with E-state index in [9.17, 15) is 0 Å². The summed E-state index contributed by atoms with van der Waals surface area (Å²) >= 11 is 0. The summed E-state index contributed by atoms with van der Waals surface area (Å²) in [5.41, 5.74) is 3.17. The second kappa shape index (κ2) is 5.88. The van der Waals surface area contributed by atoms with Crippen molar-refractivity contribution in [3.05, 3.63) is 59.7 Å². The average molecular weight is 278 g/mol. The van der Waals surface area contributed by atoms with Gasteiger partial charge in [-0.15, -0.1) is 0 Å². The Morgan fingerprint density at radius 3 is 2.29 bits per heavy atom. The van der Waals surface area contributed by atoms with Gasteiger partial charge < -0.3 is 10.1 Å². The molecule has 1 fully saturated rings. The molecule has 1 aliphatic rings. The Morgan fingerprint density at radius 1 is 1.05 bits per heavy atom. The molecule has 0 aliphatic heterocycles. The number of ether oxygens (including phenoxy) is 1. The maximum atomic E-state index is 8.79. The van der Waals surface area contributed by atoms with Crippen LogP contribution in [0, 0.1) is 11.3 Å². The Morgan fingerprint density at radius 2 is 1.71 bits per heavy atom. The van der Waals surface area contributed by atoms with Crippen molar-refractivity contribution in [2.75, 3.05) is 12.4 Å². The van der Waals surface area contributed by atoms with Crippen molar-refractivity contribution in [1.82, 2.24) is 0 Å². The molecule has 3 rings (SSSR count). The molecule has 3 heteroatoms. The van der Waals surface area contributed by atoms with Crippen molar-refractivity contribution in [3.63, 3.8) is 0 Å². The number of nitrogens with one attached hydrogen (secondary N) is 1. The second-order valence-corrected chi connectivity index (χ2v) is 5.47. The van der Waals surface area contributed by atoms with Gasteiger partial charge >= 0.3 is 0 Å². The molecule has 0 amide bonds. The number of hydrogen-bond donors (Lipinski definition) is 1. The molecule has 2 aromatic carbocycles.